The van der Waals surface area contributed by atoms with Gasteiger partial charge in [0.05, 0.1) is 16.1 Å². The molecule has 5 nitrogen and oxygen atoms in total. The molecule has 0 atom stereocenters. The van der Waals surface area contributed by atoms with Crippen LogP contribution in [0, 0.1) is 6.92 Å². The molecule has 0 saturated carbocycles. The van der Waals surface area contributed by atoms with Crippen LogP contribution in [0.5, 0.6) is 11.5 Å². The maximum Gasteiger partial charge on any atom is 0.416 e. The predicted molar refractivity (Wildman–Crippen MR) is 129 cm³/mol. The topological polar surface area (TPSA) is 68.7 Å². The molecule has 3 rings (SSSR count). The lowest BCUT2D eigenvalue weighted by molar-refractivity contribution is -0.152. The number of unbranched alkanes of at least 4 members (excludes halogenated alkanes) is 1. The normalized spacial score (nSPS) is 12.0. The largest absolute Gasteiger partial charge is 0.488 e. The number of aryl methyl sites for hydroxylation is 2. The predicted octanol–water partition coefficient (Wildman–Crippen LogP) is 7.30. The van der Waals surface area contributed by atoms with E-state index in [0.717, 1.165) is 47.5 Å². The highest BCUT2D eigenvalue weighted by Gasteiger charge is 2.31. The number of aliphatic carboxylic acids is 1. The first kappa shape index (κ1) is 26.5. The number of nitrogens with zero attached hydrogens (tertiary/aromatic N) is 1. The Hall–Kier alpha value is -3.07. The molecule has 2 aromatic carbocycles. The first-order chi connectivity index (χ1) is 16.4. The second-order valence-corrected chi connectivity index (χ2v) is 9.78. The maximum atomic E-state index is 12.9. The van der Waals surface area contributed by atoms with Crippen molar-refractivity contribution in [1.82, 2.24) is 4.98 Å². The number of carbonyl (C=O) groups is 1. The van der Waals surface area contributed by atoms with E-state index in [1.54, 1.807) is 18.2 Å². The molecule has 188 valence electrons. The molecular formula is C26H28F3NO4S. The molecular weight excluding hydrogens is 479 g/mol. The Morgan fingerprint density at radius 3 is 2.37 bits per heavy atom. The number of benzene rings is 2. The van der Waals surface area contributed by atoms with E-state index in [4.69, 9.17) is 14.5 Å². The Kier molecular flexibility index (Phi) is 8.10. The van der Waals surface area contributed by atoms with E-state index in [-0.39, 0.29) is 6.61 Å². The number of alkyl halides is 3. The molecule has 35 heavy (non-hydrogen) atoms. The number of thiazole rings is 1. The number of rotatable bonds is 10. The van der Waals surface area contributed by atoms with Gasteiger partial charge in [-0.3, -0.25) is 0 Å². The summed E-state index contributed by atoms with van der Waals surface area (Å²) in [6.45, 7) is 7.11. The maximum absolute atomic E-state index is 12.9. The summed E-state index contributed by atoms with van der Waals surface area (Å²) in [6, 6.07) is 10.2. The number of hydrogen-bond donors (Lipinski definition) is 1. The van der Waals surface area contributed by atoms with E-state index in [1.807, 2.05) is 6.92 Å². The first-order valence-electron chi connectivity index (χ1n) is 11.2. The molecule has 9 heteroatoms. The van der Waals surface area contributed by atoms with E-state index in [1.165, 1.54) is 37.3 Å². The summed E-state index contributed by atoms with van der Waals surface area (Å²) in [5.74, 6) is -0.0180. The molecule has 1 aromatic heterocycles. The van der Waals surface area contributed by atoms with Gasteiger partial charge < -0.3 is 14.6 Å². The van der Waals surface area contributed by atoms with Gasteiger partial charge in [0.1, 0.15) is 23.1 Å². The van der Waals surface area contributed by atoms with Crippen molar-refractivity contribution in [2.75, 3.05) is 0 Å². The summed E-state index contributed by atoms with van der Waals surface area (Å²) >= 11 is 1.41. The minimum Gasteiger partial charge on any atom is -0.488 e. The molecule has 0 aliphatic rings. The lowest BCUT2D eigenvalue weighted by Crippen LogP contribution is -2.38. The highest BCUT2D eigenvalue weighted by molar-refractivity contribution is 7.15. The van der Waals surface area contributed by atoms with Crippen molar-refractivity contribution in [3.63, 3.8) is 0 Å². The Balaban J connectivity index is 1.77. The number of aromatic nitrogens is 1. The summed E-state index contributed by atoms with van der Waals surface area (Å²) in [5, 5.41) is 9.93. The number of ether oxygens (including phenoxy) is 2. The van der Waals surface area contributed by atoms with Crippen LogP contribution in [0.1, 0.15) is 55.3 Å². The Morgan fingerprint density at radius 1 is 1.11 bits per heavy atom. The first-order valence-corrected chi connectivity index (χ1v) is 12.0. The molecule has 0 saturated heterocycles. The van der Waals surface area contributed by atoms with Gasteiger partial charge in [-0.05, 0) is 69.5 Å². The molecule has 0 fully saturated rings. The van der Waals surface area contributed by atoms with Crippen LogP contribution in [0.2, 0.25) is 0 Å². The van der Waals surface area contributed by atoms with E-state index in [9.17, 15) is 23.1 Å². The minimum absolute atomic E-state index is 0.262. The Morgan fingerprint density at radius 2 is 1.80 bits per heavy atom. The summed E-state index contributed by atoms with van der Waals surface area (Å²) in [4.78, 5) is 16.9. The molecule has 3 aromatic rings. The molecule has 1 N–H and O–H groups in total. The summed E-state index contributed by atoms with van der Waals surface area (Å²) in [5.41, 5.74) is 0.190. The second kappa shape index (κ2) is 10.7. The monoisotopic (exact) mass is 507 g/mol. The molecule has 1 heterocycles. The average molecular weight is 508 g/mol. The standard InChI is InChI=1S/C26H28F3NO4S/c1-5-6-7-20-22(35-23(30-20)17-8-10-18(11-9-17)26(27,28)29)15-33-19-12-13-21(16(2)14-19)34-25(3,4)24(31)32/h8-14H,5-7,15H2,1-4H3,(H,31,32). The van der Waals surface area contributed by atoms with Crippen LogP contribution in [0.25, 0.3) is 10.6 Å². The van der Waals surface area contributed by atoms with Gasteiger partial charge in [0, 0.05) is 5.56 Å². The van der Waals surface area contributed by atoms with E-state index in [0.29, 0.717) is 22.1 Å². The van der Waals surface area contributed by atoms with Crippen LogP contribution < -0.4 is 9.47 Å². The third kappa shape index (κ3) is 6.75. The quantitative estimate of drug-likeness (QED) is 0.312. The van der Waals surface area contributed by atoms with Gasteiger partial charge in [-0.1, -0.05) is 25.5 Å². The molecule has 0 aliphatic carbocycles. The number of carboxylic acids is 1. The van der Waals surface area contributed by atoms with Crippen molar-refractivity contribution < 1.29 is 32.5 Å². The minimum atomic E-state index is -4.38. The fraction of sp³-hybridized carbons (Fsp3) is 0.385. The van der Waals surface area contributed by atoms with Crippen LogP contribution >= 0.6 is 11.3 Å². The van der Waals surface area contributed by atoms with Gasteiger partial charge in [0.15, 0.2) is 5.60 Å². The fourth-order valence-corrected chi connectivity index (χ4v) is 4.28. The van der Waals surface area contributed by atoms with E-state index < -0.39 is 23.3 Å². The van der Waals surface area contributed by atoms with Crippen LogP contribution in [-0.2, 0) is 24.0 Å². The zero-order valence-corrected chi connectivity index (χ0v) is 20.8. The van der Waals surface area contributed by atoms with Crippen molar-refractivity contribution in [2.45, 2.75) is 65.3 Å². The molecule has 0 aliphatic heterocycles. The zero-order chi connectivity index (χ0) is 25.8. The molecule has 0 amide bonds. The van der Waals surface area contributed by atoms with Crippen molar-refractivity contribution in [3.05, 3.63) is 64.2 Å². The van der Waals surface area contributed by atoms with Crippen molar-refractivity contribution >= 4 is 17.3 Å². The summed E-state index contributed by atoms with van der Waals surface area (Å²) < 4.78 is 50.3. The van der Waals surface area contributed by atoms with Gasteiger partial charge in [0.25, 0.3) is 0 Å². The third-order valence-corrected chi connectivity index (χ3v) is 6.52. The molecule has 0 unspecified atom stereocenters. The Labute approximate surface area is 206 Å². The number of halogens is 3. The van der Waals surface area contributed by atoms with Gasteiger partial charge in [0.2, 0.25) is 0 Å². The second-order valence-electron chi connectivity index (χ2n) is 8.70. The van der Waals surface area contributed by atoms with E-state index in [2.05, 4.69) is 6.92 Å². The zero-order valence-electron chi connectivity index (χ0n) is 20.0. The highest BCUT2D eigenvalue weighted by atomic mass is 32.1. The summed E-state index contributed by atoms with van der Waals surface area (Å²) in [7, 11) is 0. The lowest BCUT2D eigenvalue weighted by Gasteiger charge is -2.23. The van der Waals surface area contributed by atoms with E-state index >= 15 is 0 Å². The summed E-state index contributed by atoms with van der Waals surface area (Å²) in [6.07, 6.45) is -1.70. The highest BCUT2D eigenvalue weighted by Crippen LogP contribution is 2.34. The van der Waals surface area contributed by atoms with Gasteiger partial charge in [-0.2, -0.15) is 13.2 Å². The SMILES string of the molecule is CCCCc1nc(-c2ccc(C(F)(F)F)cc2)sc1COc1ccc(OC(C)(C)C(=O)O)c(C)c1. The fourth-order valence-electron chi connectivity index (χ4n) is 3.25. The molecule has 0 spiro atoms. The van der Waals surface area contributed by atoms with Crippen LogP contribution in [0.4, 0.5) is 13.2 Å². The third-order valence-electron chi connectivity index (χ3n) is 5.40. The number of carboxylic acid groups (broad SMARTS) is 1. The lowest BCUT2D eigenvalue weighted by atomic mass is 10.1. The van der Waals surface area contributed by atoms with Crippen LogP contribution in [-0.4, -0.2) is 21.7 Å². The van der Waals surface area contributed by atoms with Gasteiger partial charge >= 0.3 is 12.1 Å². The molecule has 0 radical (unpaired) electrons. The van der Waals surface area contributed by atoms with Crippen molar-refractivity contribution in [2.24, 2.45) is 0 Å². The van der Waals surface area contributed by atoms with Gasteiger partial charge in [-0.15, -0.1) is 11.3 Å². The van der Waals surface area contributed by atoms with Gasteiger partial charge in [-0.25, -0.2) is 9.78 Å². The average Bonchev–Trinajstić information content (AvgIpc) is 3.20. The number of hydrogen-bond acceptors (Lipinski definition) is 5. The van der Waals surface area contributed by atoms with Crippen molar-refractivity contribution in [1.29, 1.82) is 0 Å². The Bertz CT molecular complexity index is 1170. The smallest absolute Gasteiger partial charge is 0.416 e. The van der Waals surface area contributed by atoms with Crippen LogP contribution in [0.3, 0.4) is 0 Å². The van der Waals surface area contributed by atoms with Crippen molar-refractivity contribution in [3.8, 4) is 22.1 Å². The van der Waals surface area contributed by atoms with Crippen LogP contribution in [0.15, 0.2) is 42.5 Å². The molecule has 0 bridgehead atoms.